The van der Waals surface area contributed by atoms with E-state index in [4.69, 9.17) is 5.73 Å². The van der Waals surface area contributed by atoms with Gasteiger partial charge in [0.25, 0.3) is 0 Å². The van der Waals surface area contributed by atoms with Crippen molar-refractivity contribution in [3.8, 4) is 11.8 Å². The van der Waals surface area contributed by atoms with Gasteiger partial charge in [0, 0.05) is 37.6 Å². The monoisotopic (exact) mass is 550 g/mol. The summed E-state index contributed by atoms with van der Waals surface area (Å²) in [6.45, 7) is 3.53. The van der Waals surface area contributed by atoms with Gasteiger partial charge in [-0.2, -0.15) is 10.4 Å². The summed E-state index contributed by atoms with van der Waals surface area (Å²) in [6, 6.07) is 11.8. The van der Waals surface area contributed by atoms with Crippen molar-refractivity contribution in [2.24, 2.45) is 4.99 Å². The van der Waals surface area contributed by atoms with Crippen LogP contribution in [0.2, 0.25) is 0 Å². The number of thiazole rings is 1. The zero-order chi connectivity index (χ0) is 21.3. The number of nitrogens with zero attached hydrogens (tertiary/aromatic N) is 5. The standard InChI is InChI=1S/C21H26N8S.HI/c1-15-14-27-19(30-15)10-12-26-21(24-2)25-11-6-9-18-17(13-22)20(23)29(28-18)16-7-4-3-5-8-16;/h3-5,7-8,14H,6,9-12,23H2,1-2H3,(H2,24,25,26);1H. The number of hydrogen-bond acceptors (Lipinski definition) is 6. The van der Waals surface area contributed by atoms with Crippen molar-refractivity contribution in [1.29, 1.82) is 5.26 Å². The van der Waals surface area contributed by atoms with Crippen LogP contribution in [0.1, 0.15) is 27.6 Å². The van der Waals surface area contributed by atoms with E-state index in [0.717, 1.165) is 36.0 Å². The first-order chi connectivity index (χ1) is 14.6. The van der Waals surface area contributed by atoms with Crippen molar-refractivity contribution in [1.82, 2.24) is 25.4 Å². The number of aromatic nitrogens is 3. The summed E-state index contributed by atoms with van der Waals surface area (Å²) in [6.07, 6.45) is 4.21. The van der Waals surface area contributed by atoms with Crippen molar-refractivity contribution in [3.05, 3.63) is 57.7 Å². The van der Waals surface area contributed by atoms with Crippen LogP contribution in [0.25, 0.3) is 5.69 Å². The Hall–Kier alpha value is -2.65. The zero-order valence-electron chi connectivity index (χ0n) is 17.6. The lowest BCUT2D eigenvalue weighted by atomic mass is 10.1. The van der Waals surface area contributed by atoms with Crippen LogP contribution < -0.4 is 16.4 Å². The van der Waals surface area contributed by atoms with Crippen molar-refractivity contribution < 1.29 is 0 Å². The number of anilines is 1. The molecule has 3 aromatic rings. The number of nitrogens with two attached hydrogens (primary N) is 1. The lowest BCUT2D eigenvalue weighted by molar-refractivity contribution is 0.720. The van der Waals surface area contributed by atoms with Crippen molar-refractivity contribution in [3.63, 3.8) is 0 Å². The third kappa shape index (κ3) is 6.67. The van der Waals surface area contributed by atoms with Crippen LogP contribution in [0.3, 0.4) is 0 Å². The van der Waals surface area contributed by atoms with E-state index in [1.54, 1.807) is 23.1 Å². The van der Waals surface area contributed by atoms with Crippen LogP contribution in [0.5, 0.6) is 0 Å². The highest BCUT2D eigenvalue weighted by Crippen LogP contribution is 2.21. The molecule has 0 atom stereocenters. The second-order valence-corrected chi connectivity index (χ2v) is 8.03. The molecule has 0 aliphatic carbocycles. The van der Waals surface area contributed by atoms with Crippen molar-refractivity contribution >= 4 is 47.1 Å². The van der Waals surface area contributed by atoms with Gasteiger partial charge in [0.05, 0.1) is 16.4 Å². The second kappa shape index (κ2) is 12.3. The molecule has 2 aromatic heterocycles. The minimum atomic E-state index is 0. The average Bonchev–Trinajstić information content (AvgIpc) is 3.32. The molecule has 10 heteroatoms. The molecule has 0 bridgehead atoms. The van der Waals surface area contributed by atoms with Gasteiger partial charge in [0.1, 0.15) is 17.5 Å². The van der Waals surface area contributed by atoms with Crippen molar-refractivity contribution in [2.75, 3.05) is 25.9 Å². The highest BCUT2D eigenvalue weighted by atomic mass is 127. The smallest absolute Gasteiger partial charge is 0.190 e. The number of guanidine groups is 1. The van der Waals surface area contributed by atoms with Gasteiger partial charge >= 0.3 is 0 Å². The molecule has 0 radical (unpaired) electrons. The van der Waals surface area contributed by atoms with Gasteiger partial charge in [-0.05, 0) is 31.9 Å². The molecule has 2 heterocycles. The fourth-order valence-electron chi connectivity index (χ4n) is 3.03. The normalized spacial score (nSPS) is 10.9. The summed E-state index contributed by atoms with van der Waals surface area (Å²) >= 11 is 1.71. The first kappa shape index (κ1) is 24.6. The topological polar surface area (TPSA) is 117 Å². The summed E-state index contributed by atoms with van der Waals surface area (Å²) < 4.78 is 1.63. The van der Waals surface area contributed by atoms with Gasteiger partial charge in [0.15, 0.2) is 5.96 Å². The molecule has 164 valence electrons. The second-order valence-electron chi connectivity index (χ2n) is 6.71. The minimum Gasteiger partial charge on any atom is -0.382 e. The van der Waals surface area contributed by atoms with Crippen molar-refractivity contribution in [2.45, 2.75) is 26.2 Å². The molecular formula is C21H27IN8S. The lowest BCUT2D eigenvalue weighted by Crippen LogP contribution is -2.38. The number of halogens is 1. The van der Waals surface area contributed by atoms with Crippen LogP contribution in [0, 0.1) is 18.3 Å². The van der Waals surface area contributed by atoms with Crippen LogP contribution in [-0.4, -0.2) is 40.9 Å². The molecule has 0 saturated carbocycles. The molecule has 1 aromatic carbocycles. The molecule has 0 amide bonds. The molecule has 8 nitrogen and oxygen atoms in total. The summed E-state index contributed by atoms with van der Waals surface area (Å²) in [7, 11) is 1.75. The molecule has 0 spiro atoms. The first-order valence-corrected chi connectivity index (χ1v) is 10.6. The maximum absolute atomic E-state index is 9.50. The molecule has 0 fully saturated rings. The van der Waals surface area contributed by atoms with Gasteiger partial charge in [-0.1, -0.05) is 18.2 Å². The number of nitriles is 1. The van der Waals surface area contributed by atoms with Crippen LogP contribution >= 0.6 is 35.3 Å². The van der Waals surface area contributed by atoms with Gasteiger partial charge in [-0.3, -0.25) is 4.99 Å². The number of aryl methyl sites for hydroxylation is 2. The third-order valence-corrected chi connectivity index (χ3v) is 5.49. The average molecular weight is 550 g/mol. The predicted molar refractivity (Wildman–Crippen MR) is 136 cm³/mol. The molecule has 31 heavy (non-hydrogen) atoms. The minimum absolute atomic E-state index is 0. The zero-order valence-corrected chi connectivity index (χ0v) is 20.8. The number of nitrogen functional groups attached to an aromatic ring is 1. The number of para-hydroxylation sites is 1. The number of hydrogen-bond donors (Lipinski definition) is 3. The Morgan fingerprint density at radius 2 is 1.97 bits per heavy atom. The summed E-state index contributed by atoms with van der Waals surface area (Å²) in [5.41, 5.74) is 8.15. The van der Waals surface area contributed by atoms with E-state index in [2.05, 4.69) is 38.7 Å². The SMILES string of the molecule is CN=C(NCCCc1nn(-c2ccccc2)c(N)c1C#N)NCCc1ncc(C)s1.I. The van der Waals surface area contributed by atoms with Gasteiger partial charge in [0.2, 0.25) is 0 Å². The number of rotatable bonds is 8. The Morgan fingerprint density at radius 3 is 2.61 bits per heavy atom. The van der Waals surface area contributed by atoms with Crippen LogP contribution in [-0.2, 0) is 12.8 Å². The Balaban J connectivity index is 0.00000341. The summed E-state index contributed by atoms with van der Waals surface area (Å²) in [5.74, 6) is 1.12. The molecule has 0 aliphatic rings. The van der Waals surface area contributed by atoms with Gasteiger partial charge in [-0.25, -0.2) is 9.67 Å². The third-order valence-electron chi connectivity index (χ3n) is 4.51. The lowest BCUT2D eigenvalue weighted by Gasteiger charge is -2.11. The van der Waals surface area contributed by atoms with E-state index >= 15 is 0 Å². The fraction of sp³-hybridized carbons (Fsp3) is 0.333. The van der Waals surface area contributed by atoms with Gasteiger partial charge in [-0.15, -0.1) is 35.3 Å². The first-order valence-electron chi connectivity index (χ1n) is 9.81. The Morgan fingerprint density at radius 1 is 1.23 bits per heavy atom. The molecule has 4 N–H and O–H groups in total. The molecule has 3 rings (SSSR count). The highest BCUT2D eigenvalue weighted by molar-refractivity contribution is 14.0. The molecule has 0 saturated heterocycles. The quantitative estimate of drug-likeness (QED) is 0.172. The largest absolute Gasteiger partial charge is 0.382 e. The number of benzene rings is 1. The Kier molecular flexibility index (Phi) is 9.74. The highest BCUT2D eigenvalue weighted by Gasteiger charge is 2.16. The van der Waals surface area contributed by atoms with E-state index in [1.165, 1.54) is 4.88 Å². The summed E-state index contributed by atoms with van der Waals surface area (Å²) in [4.78, 5) is 9.84. The molecular weight excluding hydrogens is 523 g/mol. The Bertz CT molecular complexity index is 1040. The maximum atomic E-state index is 9.50. The van der Waals surface area contributed by atoms with E-state index < -0.39 is 0 Å². The van der Waals surface area contributed by atoms with Crippen LogP contribution in [0.4, 0.5) is 5.82 Å². The number of nitrogens with one attached hydrogen (secondary N) is 2. The molecule has 0 aliphatic heterocycles. The van der Waals surface area contributed by atoms with E-state index in [-0.39, 0.29) is 24.0 Å². The predicted octanol–water partition coefficient (Wildman–Crippen LogP) is 3.05. The van der Waals surface area contributed by atoms with E-state index in [9.17, 15) is 5.26 Å². The summed E-state index contributed by atoms with van der Waals surface area (Å²) in [5, 5.41) is 21.8. The Labute approximate surface area is 203 Å². The van der Waals surface area contributed by atoms with E-state index in [1.807, 2.05) is 36.5 Å². The van der Waals surface area contributed by atoms with E-state index in [0.29, 0.717) is 30.0 Å². The molecule has 0 unspecified atom stereocenters. The van der Waals surface area contributed by atoms with Gasteiger partial charge < -0.3 is 16.4 Å². The fourth-order valence-corrected chi connectivity index (χ4v) is 3.82. The van der Waals surface area contributed by atoms with Crippen LogP contribution in [0.15, 0.2) is 41.5 Å². The maximum Gasteiger partial charge on any atom is 0.190 e. The number of aliphatic imine (C=N–C) groups is 1.